The van der Waals surface area contributed by atoms with E-state index in [0.717, 1.165) is 16.8 Å². The second kappa shape index (κ2) is 6.54. The Labute approximate surface area is 125 Å². The number of rotatable bonds is 5. The van der Waals surface area contributed by atoms with Gasteiger partial charge in [0.05, 0.1) is 14.2 Å². The van der Waals surface area contributed by atoms with Crippen molar-refractivity contribution in [3.63, 3.8) is 0 Å². The van der Waals surface area contributed by atoms with E-state index in [2.05, 4.69) is 22.2 Å². The van der Waals surface area contributed by atoms with Crippen LogP contribution in [-0.2, 0) is 0 Å². The highest BCUT2D eigenvalue weighted by molar-refractivity contribution is 5.61. The summed E-state index contributed by atoms with van der Waals surface area (Å²) < 4.78 is 10.6. The second-order valence-electron chi connectivity index (χ2n) is 4.81. The topological polar surface area (TPSA) is 56.3 Å². The zero-order valence-electron chi connectivity index (χ0n) is 13.1. The highest BCUT2D eigenvalue weighted by Gasteiger charge is 2.12. The normalized spacial score (nSPS) is 12.0. The minimum atomic E-state index is 0.226. The molecule has 0 bridgehead atoms. The Hall–Kier alpha value is -2.14. The average Bonchev–Trinajstić information content (AvgIpc) is 2.53. The summed E-state index contributed by atoms with van der Waals surface area (Å²) in [7, 11) is 5.16. The van der Waals surface area contributed by atoms with E-state index in [1.165, 1.54) is 0 Å². The molecule has 0 fully saturated rings. The first kappa shape index (κ1) is 15.3. The van der Waals surface area contributed by atoms with Gasteiger partial charge in [-0.2, -0.15) is 0 Å². The lowest BCUT2D eigenvalue weighted by Crippen LogP contribution is -2.14. The van der Waals surface area contributed by atoms with Gasteiger partial charge in [0.2, 0.25) is 0 Å². The molecule has 1 heterocycles. The lowest BCUT2D eigenvalue weighted by molar-refractivity contribution is 0.355. The summed E-state index contributed by atoms with van der Waals surface area (Å²) in [5, 5.41) is 3.20. The minimum absolute atomic E-state index is 0.226. The Balaban J connectivity index is 2.41. The molecule has 5 heteroatoms. The minimum Gasteiger partial charge on any atom is -0.493 e. The molecule has 2 rings (SSSR count). The molecular formula is C16H21N3O2. The van der Waals surface area contributed by atoms with Gasteiger partial charge in [0.15, 0.2) is 17.3 Å². The van der Waals surface area contributed by atoms with Gasteiger partial charge in [0, 0.05) is 29.1 Å². The monoisotopic (exact) mass is 287 g/mol. The SMILES string of the molecule is CNC(C)c1cnc(-c2ccc(OC)c(OC)c2)nc1C. The quantitative estimate of drug-likeness (QED) is 0.916. The van der Waals surface area contributed by atoms with Crippen molar-refractivity contribution in [2.75, 3.05) is 21.3 Å². The molecule has 0 saturated heterocycles. The van der Waals surface area contributed by atoms with Crippen LogP contribution in [-0.4, -0.2) is 31.2 Å². The van der Waals surface area contributed by atoms with Crippen LogP contribution in [0.2, 0.25) is 0 Å². The van der Waals surface area contributed by atoms with E-state index in [0.29, 0.717) is 17.3 Å². The fraction of sp³-hybridized carbons (Fsp3) is 0.375. The molecule has 0 radical (unpaired) electrons. The van der Waals surface area contributed by atoms with Gasteiger partial charge >= 0.3 is 0 Å². The lowest BCUT2D eigenvalue weighted by Gasteiger charge is -2.14. The average molecular weight is 287 g/mol. The summed E-state index contributed by atoms with van der Waals surface area (Å²) in [6, 6.07) is 5.90. The summed E-state index contributed by atoms with van der Waals surface area (Å²) in [5.41, 5.74) is 2.97. The molecule has 1 atom stereocenters. The number of hydrogen-bond acceptors (Lipinski definition) is 5. The number of benzene rings is 1. The predicted molar refractivity (Wildman–Crippen MR) is 82.8 cm³/mol. The summed E-state index contributed by atoms with van der Waals surface area (Å²) >= 11 is 0. The molecule has 1 N–H and O–H groups in total. The zero-order chi connectivity index (χ0) is 15.4. The van der Waals surface area contributed by atoms with Crippen molar-refractivity contribution in [3.05, 3.63) is 35.7 Å². The van der Waals surface area contributed by atoms with Gasteiger partial charge in [-0.25, -0.2) is 9.97 Å². The number of methoxy groups -OCH3 is 2. The summed E-state index contributed by atoms with van der Waals surface area (Å²) in [6.45, 7) is 4.08. The molecule has 0 spiro atoms. The molecule has 0 aliphatic rings. The standard InChI is InChI=1S/C16H21N3O2/c1-10(17-3)13-9-18-16(19-11(13)2)12-6-7-14(20-4)15(8-12)21-5/h6-10,17H,1-5H3. The summed E-state index contributed by atoms with van der Waals surface area (Å²) in [6.07, 6.45) is 1.87. The maximum Gasteiger partial charge on any atom is 0.161 e. The molecule has 21 heavy (non-hydrogen) atoms. The molecule has 0 aliphatic carbocycles. The van der Waals surface area contributed by atoms with Crippen LogP contribution >= 0.6 is 0 Å². The van der Waals surface area contributed by atoms with Crippen molar-refractivity contribution < 1.29 is 9.47 Å². The van der Waals surface area contributed by atoms with Crippen molar-refractivity contribution in [2.45, 2.75) is 19.9 Å². The smallest absolute Gasteiger partial charge is 0.161 e. The van der Waals surface area contributed by atoms with Crippen LogP contribution < -0.4 is 14.8 Å². The van der Waals surface area contributed by atoms with Crippen molar-refractivity contribution in [1.29, 1.82) is 0 Å². The Morgan fingerprint density at radius 1 is 1.14 bits per heavy atom. The van der Waals surface area contributed by atoms with Gasteiger partial charge in [-0.05, 0) is 39.1 Å². The molecule has 112 valence electrons. The Morgan fingerprint density at radius 2 is 1.86 bits per heavy atom. The summed E-state index contributed by atoms with van der Waals surface area (Å²) in [4.78, 5) is 9.06. The lowest BCUT2D eigenvalue weighted by atomic mass is 10.1. The maximum atomic E-state index is 5.32. The number of hydrogen-bond donors (Lipinski definition) is 1. The van der Waals surface area contributed by atoms with E-state index in [9.17, 15) is 0 Å². The van der Waals surface area contributed by atoms with Crippen LogP contribution in [0, 0.1) is 6.92 Å². The van der Waals surface area contributed by atoms with Crippen molar-refractivity contribution in [3.8, 4) is 22.9 Å². The van der Waals surface area contributed by atoms with Gasteiger partial charge in [-0.15, -0.1) is 0 Å². The van der Waals surface area contributed by atoms with E-state index in [1.807, 2.05) is 38.4 Å². The highest BCUT2D eigenvalue weighted by Crippen LogP contribution is 2.31. The maximum absolute atomic E-state index is 5.32. The van der Waals surface area contributed by atoms with Crippen LogP contribution in [0.25, 0.3) is 11.4 Å². The number of aromatic nitrogens is 2. The fourth-order valence-electron chi connectivity index (χ4n) is 2.17. The number of aryl methyl sites for hydroxylation is 1. The molecule has 1 aromatic heterocycles. The van der Waals surface area contributed by atoms with Gasteiger partial charge in [-0.3, -0.25) is 0 Å². The largest absolute Gasteiger partial charge is 0.493 e. The zero-order valence-corrected chi connectivity index (χ0v) is 13.1. The highest BCUT2D eigenvalue weighted by atomic mass is 16.5. The molecule has 2 aromatic rings. The molecule has 0 aliphatic heterocycles. The third-order valence-electron chi connectivity index (χ3n) is 3.56. The van der Waals surface area contributed by atoms with E-state index < -0.39 is 0 Å². The Bertz CT molecular complexity index is 629. The third-order valence-corrected chi connectivity index (χ3v) is 3.56. The van der Waals surface area contributed by atoms with Gasteiger partial charge < -0.3 is 14.8 Å². The first-order valence-electron chi connectivity index (χ1n) is 6.84. The van der Waals surface area contributed by atoms with Crippen molar-refractivity contribution in [1.82, 2.24) is 15.3 Å². The van der Waals surface area contributed by atoms with E-state index in [1.54, 1.807) is 14.2 Å². The number of nitrogens with zero attached hydrogens (tertiary/aromatic N) is 2. The second-order valence-corrected chi connectivity index (χ2v) is 4.81. The Kier molecular flexibility index (Phi) is 4.75. The van der Waals surface area contributed by atoms with Crippen LogP contribution in [0.3, 0.4) is 0 Å². The third kappa shape index (κ3) is 3.13. The van der Waals surface area contributed by atoms with E-state index in [-0.39, 0.29) is 6.04 Å². The summed E-state index contributed by atoms with van der Waals surface area (Å²) in [5.74, 6) is 2.04. The van der Waals surface area contributed by atoms with Crippen LogP contribution in [0.15, 0.2) is 24.4 Å². The first-order chi connectivity index (χ1) is 10.1. The van der Waals surface area contributed by atoms with E-state index in [4.69, 9.17) is 9.47 Å². The van der Waals surface area contributed by atoms with E-state index >= 15 is 0 Å². The predicted octanol–water partition coefficient (Wildman–Crippen LogP) is 2.75. The van der Waals surface area contributed by atoms with Crippen molar-refractivity contribution >= 4 is 0 Å². The molecule has 0 saturated carbocycles. The molecule has 5 nitrogen and oxygen atoms in total. The van der Waals surface area contributed by atoms with Crippen LogP contribution in [0.1, 0.15) is 24.2 Å². The Morgan fingerprint density at radius 3 is 2.43 bits per heavy atom. The molecular weight excluding hydrogens is 266 g/mol. The number of ether oxygens (including phenoxy) is 2. The van der Waals surface area contributed by atoms with Crippen LogP contribution in [0.5, 0.6) is 11.5 Å². The number of nitrogens with one attached hydrogen (secondary N) is 1. The molecule has 1 aromatic carbocycles. The molecule has 0 amide bonds. The van der Waals surface area contributed by atoms with Crippen molar-refractivity contribution in [2.24, 2.45) is 0 Å². The molecule has 1 unspecified atom stereocenters. The van der Waals surface area contributed by atoms with Crippen LogP contribution in [0.4, 0.5) is 0 Å². The van der Waals surface area contributed by atoms with Gasteiger partial charge in [-0.1, -0.05) is 0 Å². The van der Waals surface area contributed by atoms with Gasteiger partial charge in [0.25, 0.3) is 0 Å². The first-order valence-corrected chi connectivity index (χ1v) is 6.84. The van der Waals surface area contributed by atoms with Gasteiger partial charge in [0.1, 0.15) is 0 Å². The fourth-order valence-corrected chi connectivity index (χ4v) is 2.17.